The summed E-state index contributed by atoms with van der Waals surface area (Å²) < 4.78 is 13.0. The number of aromatic hydroxyl groups is 1. The zero-order valence-electron chi connectivity index (χ0n) is 12.7. The molecular formula is C19H22FNO. The van der Waals surface area contributed by atoms with Gasteiger partial charge in [0.25, 0.3) is 0 Å². The van der Waals surface area contributed by atoms with Crippen LogP contribution in [0.4, 0.5) is 4.39 Å². The van der Waals surface area contributed by atoms with Gasteiger partial charge in [-0.25, -0.2) is 4.39 Å². The van der Waals surface area contributed by atoms with Crippen molar-refractivity contribution in [2.75, 3.05) is 0 Å². The summed E-state index contributed by atoms with van der Waals surface area (Å²) >= 11 is 0. The number of hydrogen-bond donors (Lipinski definition) is 2. The molecular weight excluding hydrogens is 277 g/mol. The van der Waals surface area contributed by atoms with Crippen molar-refractivity contribution in [1.29, 1.82) is 0 Å². The van der Waals surface area contributed by atoms with E-state index in [-0.39, 0.29) is 5.82 Å². The number of halogens is 1. The van der Waals surface area contributed by atoms with E-state index in [4.69, 9.17) is 0 Å². The quantitative estimate of drug-likeness (QED) is 0.863. The van der Waals surface area contributed by atoms with Crippen molar-refractivity contribution in [2.45, 2.75) is 44.7 Å². The first kappa shape index (κ1) is 15.0. The summed E-state index contributed by atoms with van der Waals surface area (Å²) in [4.78, 5) is 0. The Morgan fingerprint density at radius 1 is 0.955 bits per heavy atom. The van der Waals surface area contributed by atoms with Gasteiger partial charge >= 0.3 is 0 Å². The molecule has 3 rings (SSSR count). The average Bonchev–Trinajstić information content (AvgIpc) is 2.56. The lowest BCUT2D eigenvalue weighted by molar-refractivity contribution is 0.369. The fourth-order valence-corrected chi connectivity index (χ4v) is 3.11. The zero-order valence-corrected chi connectivity index (χ0v) is 12.7. The molecule has 2 nitrogen and oxygen atoms in total. The maximum atomic E-state index is 13.0. The molecule has 2 N–H and O–H groups in total. The van der Waals surface area contributed by atoms with Crippen LogP contribution in [0.25, 0.3) is 11.1 Å². The Bertz CT molecular complexity index is 618. The van der Waals surface area contributed by atoms with Gasteiger partial charge in [0.1, 0.15) is 11.6 Å². The standard InChI is InChI=1S/C19H22FNO/c20-17-9-6-14(7-10-17)15-8-11-19(22)16(12-15)13-21-18-4-2-1-3-5-18/h6-12,18,21-22H,1-5,13H2. The van der Waals surface area contributed by atoms with Crippen LogP contribution in [0.1, 0.15) is 37.7 Å². The summed E-state index contributed by atoms with van der Waals surface area (Å²) in [7, 11) is 0. The summed E-state index contributed by atoms with van der Waals surface area (Å²) in [5, 5.41) is 13.6. The van der Waals surface area contributed by atoms with Gasteiger partial charge in [-0.1, -0.05) is 37.5 Å². The van der Waals surface area contributed by atoms with Crippen LogP contribution in [0.5, 0.6) is 5.75 Å². The molecule has 0 bridgehead atoms. The summed E-state index contributed by atoms with van der Waals surface area (Å²) in [5.41, 5.74) is 2.85. The van der Waals surface area contributed by atoms with E-state index in [1.165, 1.54) is 44.2 Å². The van der Waals surface area contributed by atoms with E-state index in [1.54, 1.807) is 18.2 Å². The molecule has 0 radical (unpaired) electrons. The maximum absolute atomic E-state index is 13.0. The van der Waals surface area contributed by atoms with Crippen LogP contribution in [0.15, 0.2) is 42.5 Å². The van der Waals surface area contributed by atoms with Crippen LogP contribution in [0.2, 0.25) is 0 Å². The Morgan fingerprint density at radius 2 is 1.64 bits per heavy atom. The molecule has 0 unspecified atom stereocenters. The third-order valence-corrected chi connectivity index (χ3v) is 4.44. The molecule has 116 valence electrons. The predicted molar refractivity (Wildman–Crippen MR) is 87.2 cm³/mol. The highest BCUT2D eigenvalue weighted by atomic mass is 19.1. The highest BCUT2D eigenvalue weighted by molar-refractivity contribution is 5.65. The first-order valence-electron chi connectivity index (χ1n) is 8.03. The molecule has 2 aromatic rings. The Balaban J connectivity index is 1.73. The zero-order chi connectivity index (χ0) is 15.4. The number of phenolic OH excluding ortho intramolecular Hbond substituents is 1. The molecule has 3 heteroatoms. The summed E-state index contributed by atoms with van der Waals surface area (Å²) in [5.74, 6) is 0.0795. The number of hydrogen-bond acceptors (Lipinski definition) is 2. The fourth-order valence-electron chi connectivity index (χ4n) is 3.11. The average molecular weight is 299 g/mol. The lowest BCUT2D eigenvalue weighted by Crippen LogP contribution is -2.30. The minimum Gasteiger partial charge on any atom is -0.508 e. The number of nitrogens with one attached hydrogen (secondary N) is 1. The van der Waals surface area contributed by atoms with E-state index in [1.807, 2.05) is 12.1 Å². The number of rotatable bonds is 4. The molecule has 22 heavy (non-hydrogen) atoms. The Labute approximate surface area is 131 Å². The monoisotopic (exact) mass is 299 g/mol. The van der Waals surface area contributed by atoms with Gasteiger partial charge in [-0.3, -0.25) is 0 Å². The second kappa shape index (κ2) is 6.93. The van der Waals surface area contributed by atoms with Gasteiger partial charge in [0.2, 0.25) is 0 Å². The minimum atomic E-state index is -0.235. The van der Waals surface area contributed by atoms with Gasteiger partial charge in [-0.05, 0) is 48.2 Å². The Kier molecular flexibility index (Phi) is 4.74. The van der Waals surface area contributed by atoms with E-state index in [0.29, 0.717) is 18.3 Å². The summed E-state index contributed by atoms with van der Waals surface area (Å²) in [6, 6.07) is 12.6. The van der Waals surface area contributed by atoms with Crippen LogP contribution >= 0.6 is 0 Å². The van der Waals surface area contributed by atoms with Crippen molar-refractivity contribution in [1.82, 2.24) is 5.32 Å². The van der Waals surface area contributed by atoms with Crippen LogP contribution in [-0.2, 0) is 6.54 Å². The minimum absolute atomic E-state index is 0.235. The van der Waals surface area contributed by atoms with Crippen molar-refractivity contribution in [2.24, 2.45) is 0 Å². The maximum Gasteiger partial charge on any atom is 0.123 e. The predicted octanol–water partition coefficient (Wildman–Crippen LogP) is 4.62. The largest absolute Gasteiger partial charge is 0.508 e. The SMILES string of the molecule is Oc1ccc(-c2ccc(F)cc2)cc1CNC1CCCCC1. The normalized spacial score (nSPS) is 15.9. The van der Waals surface area contributed by atoms with Crippen molar-refractivity contribution >= 4 is 0 Å². The molecule has 0 heterocycles. The number of phenols is 1. The molecule has 1 aliphatic carbocycles. The summed E-state index contributed by atoms with van der Waals surface area (Å²) in [6.07, 6.45) is 6.36. The first-order chi connectivity index (χ1) is 10.7. The second-order valence-electron chi connectivity index (χ2n) is 6.07. The van der Waals surface area contributed by atoms with Gasteiger partial charge in [0.15, 0.2) is 0 Å². The van der Waals surface area contributed by atoms with E-state index in [0.717, 1.165) is 16.7 Å². The van der Waals surface area contributed by atoms with Gasteiger partial charge < -0.3 is 10.4 Å². The molecule has 1 aliphatic rings. The Morgan fingerprint density at radius 3 is 2.36 bits per heavy atom. The molecule has 0 aromatic heterocycles. The third-order valence-electron chi connectivity index (χ3n) is 4.44. The summed E-state index contributed by atoms with van der Waals surface area (Å²) in [6.45, 7) is 0.672. The first-order valence-corrected chi connectivity index (χ1v) is 8.03. The molecule has 0 amide bonds. The highest BCUT2D eigenvalue weighted by Crippen LogP contribution is 2.27. The molecule has 0 atom stereocenters. The van der Waals surface area contributed by atoms with E-state index >= 15 is 0 Å². The lowest BCUT2D eigenvalue weighted by Gasteiger charge is -2.23. The van der Waals surface area contributed by atoms with Crippen molar-refractivity contribution in [3.8, 4) is 16.9 Å². The molecule has 1 fully saturated rings. The van der Waals surface area contributed by atoms with Crippen LogP contribution in [0, 0.1) is 5.82 Å². The van der Waals surface area contributed by atoms with Gasteiger partial charge in [0, 0.05) is 18.2 Å². The van der Waals surface area contributed by atoms with E-state index in [2.05, 4.69) is 5.32 Å². The molecule has 0 aliphatic heterocycles. The molecule has 0 saturated heterocycles. The molecule has 2 aromatic carbocycles. The smallest absolute Gasteiger partial charge is 0.123 e. The van der Waals surface area contributed by atoms with Gasteiger partial charge in [0.05, 0.1) is 0 Å². The van der Waals surface area contributed by atoms with Crippen LogP contribution < -0.4 is 5.32 Å². The van der Waals surface area contributed by atoms with Crippen molar-refractivity contribution in [3.63, 3.8) is 0 Å². The third kappa shape index (κ3) is 3.66. The topological polar surface area (TPSA) is 32.3 Å². The lowest BCUT2D eigenvalue weighted by atomic mass is 9.95. The molecule has 1 saturated carbocycles. The van der Waals surface area contributed by atoms with Crippen molar-refractivity contribution < 1.29 is 9.50 Å². The van der Waals surface area contributed by atoms with E-state index in [9.17, 15) is 9.50 Å². The van der Waals surface area contributed by atoms with E-state index < -0.39 is 0 Å². The van der Waals surface area contributed by atoms with Gasteiger partial charge in [-0.2, -0.15) is 0 Å². The van der Waals surface area contributed by atoms with Crippen LogP contribution in [-0.4, -0.2) is 11.1 Å². The van der Waals surface area contributed by atoms with Crippen LogP contribution in [0.3, 0.4) is 0 Å². The van der Waals surface area contributed by atoms with Crippen molar-refractivity contribution in [3.05, 3.63) is 53.8 Å². The Hall–Kier alpha value is -1.87. The highest BCUT2D eigenvalue weighted by Gasteiger charge is 2.13. The molecule has 0 spiro atoms. The fraction of sp³-hybridized carbons (Fsp3) is 0.368. The second-order valence-corrected chi connectivity index (χ2v) is 6.07. The van der Waals surface area contributed by atoms with Gasteiger partial charge in [-0.15, -0.1) is 0 Å². The number of benzene rings is 2.